The maximum absolute atomic E-state index is 10.1. The molecule has 0 radical (unpaired) electrons. The number of phenolic OH excluding ortho intramolecular Hbond substituents is 1. The van der Waals surface area contributed by atoms with Crippen LogP contribution in [0.5, 0.6) is 5.75 Å². The van der Waals surface area contributed by atoms with E-state index in [4.69, 9.17) is 0 Å². The van der Waals surface area contributed by atoms with E-state index in [2.05, 4.69) is 17.1 Å². The van der Waals surface area contributed by atoms with Gasteiger partial charge in [-0.2, -0.15) is 0 Å². The van der Waals surface area contributed by atoms with Gasteiger partial charge in [-0.3, -0.25) is 4.90 Å². The summed E-state index contributed by atoms with van der Waals surface area (Å²) in [7, 11) is 0. The van der Waals surface area contributed by atoms with Crippen molar-refractivity contribution < 1.29 is 10.2 Å². The van der Waals surface area contributed by atoms with Crippen LogP contribution in [0.25, 0.3) is 0 Å². The first kappa shape index (κ1) is 15.3. The van der Waals surface area contributed by atoms with Gasteiger partial charge < -0.3 is 15.5 Å². The standard InChI is InChI=1S/C16H26N2O2/c1-12-5-6-16(20)15(10-12)13(2)18(8-9-19)11-14-4-3-7-17-14/h5-6,10,13-14,17,19-20H,3-4,7-9,11H2,1-2H3. The third-order valence-corrected chi connectivity index (χ3v) is 4.19. The predicted octanol–water partition coefficient (Wildman–Crippen LogP) is 1.81. The molecule has 1 aromatic carbocycles. The minimum atomic E-state index is 0.101. The van der Waals surface area contributed by atoms with Gasteiger partial charge in [0.15, 0.2) is 0 Å². The molecule has 1 fully saturated rings. The lowest BCUT2D eigenvalue weighted by Crippen LogP contribution is -2.40. The Hall–Kier alpha value is -1.10. The van der Waals surface area contributed by atoms with Gasteiger partial charge in [-0.05, 0) is 39.3 Å². The van der Waals surface area contributed by atoms with Gasteiger partial charge in [0.25, 0.3) is 0 Å². The largest absolute Gasteiger partial charge is 0.508 e. The minimum absolute atomic E-state index is 0.101. The van der Waals surface area contributed by atoms with Gasteiger partial charge in [-0.15, -0.1) is 0 Å². The van der Waals surface area contributed by atoms with Crippen LogP contribution in [0, 0.1) is 6.92 Å². The van der Waals surface area contributed by atoms with Crippen LogP contribution in [0.2, 0.25) is 0 Å². The first-order chi connectivity index (χ1) is 9.61. The monoisotopic (exact) mass is 278 g/mol. The van der Waals surface area contributed by atoms with E-state index in [1.807, 2.05) is 19.1 Å². The summed E-state index contributed by atoms with van der Waals surface area (Å²) in [6.07, 6.45) is 2.41. The van der Waals surface area contributed by atoms with Gasteiger partial charge in [0, 0.05) is 30.7 Å². The summed E-state index contributed by atoms with van der Waals surface area (Å²) in [5.41, 5.74) is 2.09. The number of nitrogens with zero attached hydrogens (tertiary/aromatic N) is 1. The van der Waals surface area contributed by atoms with E-state index in [9.17, 15) is 10.2 Å². The van der Waals surface area contributed by atoms with E-state index in [0.29, 0.717) is 18.3 Å². The van der Waals surface area contributed by atoms with Crippen molar-refractivity contribution in [2.45, 2.75) is 38.8 Å². The zero-order valence-electron chi connectivity index (χ0n) is 12.5. The Morgan fingerprint density at radius 1 is 1.45 bits per heavy atom. The Bertz CT molecular complexity index is 430. The van der Waals surface area contributed by atoms with Crippen LogP contribution < -0.4 is 5.32 Å². The van der Waals surface area contributed by atoms with E-state index in [1.165, 1.54) is 12.8 Å². The molecule has 3 N–H and O–H groups in total. The second kappa shape index (κ2) is 7.07. The number of nitrogens with one attached hydrogen (secondary N) is 1. The molecular weight excluding hydrogens is 252 g/mol. The first-order valence-electron chi connectivity index (χ1n) is 7.49. The summed E-state index contributed by atoms with van der Waals surface area (Å²) in [5, 5.41) is 22.9. The smallest absolute Gasteiger partial charge is 0.120 e. The lowest BCUT2D eigenvalue weighted by atomic mass is 10.0. The molecular formula is C16H26N2O2. The molecule has 1 saturated heterocycles. The maximum Gasteiger partial charge on any atom is 0.120 e. The van der Waals surface area contributed by atoms with Gasteiger partial charge >= 0.3 is 0 Å². The molecule has 2 unspecified atom stereocenters. The van der Waals surface area contributed by atoms with Crippen LogP contribution in [0.3, 0.4) is 0 Å². The van der Waals surface area contributed by atoms with Crippen molar-refractivity contribution in [3.63, 3.8) is 0 Å². The lowest BCUT2D eigenvalue weighted by molar-refractivity contribution is 0.146. The summed E-state index contributed by atoms with van der Waals surface area (Å²) >= 11 is 0. The van der Waals surface area contributed by atoms with Gasteiger partial charge in [-0.25, -0.2) is 0 Å². The molecule has 4 nitrogen and oxygen atoms in total. The van der Waals surface area contributed by atoms with Crippen LogP contribution in [0.1, 0.15) is 36.9 Å². The van der Waals surface area contributed by atoms with Crippen molar-refractivity contribution in [3.8, 4) is 5.75 Å². The molecule has 2 rings (SSSR count). The Balaban J connectivity index is 2.12. The molecule has 0 aromatic heterocycles. The highest BCUT2D eigenvalue weighted by Gasteiger charge is 2.23. The SMILES string of the molecule is Cc1ccc(O)c(C(C)N(CCO)CC2CCCN2)c1. The zero-order valence-corrected chi connectivity index (χ0v) is 12.5. The van der Waals surface area contributed by atoms with Crippen LogP contribution >= 0.6 is 0 Å². The number of hydrogen-bond acceptors (Lipinski definition) is 4. The fraction of sp³-hybridized carbons (Fsp3) is 0.625. The van der Waals surface area contributed by atoms with Crippen LogP contribution in [-0.2, 0) is 0 Å². The number of aromatic hydroxyl groups is 1. The Morgan fingerprint density at radius 2 is 2.25 bits per heavy atom. The predicted molar refractivity (Wildman–Crippen MR) is 80.9 cm³/mol. The van der Waals surface area contributed by atoms with Gasteiger partial charge in [0.2, 0.25) is 0 Å². The van der Waals surface area contributed by atoms with E-state index >= 15 is 0 Å². The maximum atomic E-state index is 10.1. The molecule has 0 spiro atoms. The van der Waals surface area contributed by atoms with Gasteiger partial charge in [-0.1, -0.05) is 17.7 Å². The number of aliphatic hydroxyl groups is 1. The fourth-order valence-corrected chi connectivity index (χ4v) is 2.97. The Morgan fingerprint density at radius 3 is 2.90 bits per heavy atom. The first-order valence-corrected chi connectivity index (χ1v) is 7.49. The summed E-state index contributed by atoms with van der Waals surface area (Å²) < 4.78 is 0. The molecule has 1 aliphatic rings. The lowest BCUT2D eigenvalue weighted by Gasteiger charge is -2.31. The highest BCUT2D eigenvalue weighted by molar-refractivity contribution is 5.37. The molecule has 1 aliphatic heterocycles. The number of aryl methyl sites for hydroxylation is 1. The molecule has 2 atom stereocenters. The van der Waals surface area contributed by atoms with Crippen molar-refractivity contribution in [2.75, 3.05) is 26.2 Å². The molecule has 0 saturated carbocycles. The van der Waals surface area contributed by atoms with Gasteiger partial charge in [0.05, 0.1) is 6.61 Å². The molecule has 1 aromatic rings. The summed E-state index contributed by atoms with van der Waals surface area (Å²) in [6, 6.07) is 6.30. The third-order valence-electron chi connectivity index (χ3n) is 4.19. The van der Waals surface area contributed by atoms with E-state index in [0.717, 1.165) is 24.2 Å². The highest BCUT2D eigenvalue weighted by Crippen LogP contribution is 2.29. The highest BCUT2D eigenvalue weighted by atomic mass is 16.3. The zero-order chi connectivity index (χ0) is 14.5. The van der Waals surface area contributed by atoms with Crippen LogP contribution in [0.15, 0.2) is 18.2 Å². The molecule has 1 heterocycles. The second-order valence-electron chi connectivity index (χ2n) is 5.75. The average molecular weight is 278 g/mol. The number of benzene rings is 1. The van der Waals surface area contributed by atoms with E-state index < -0.39 is 0 Å². The topological polar surface area (TPSA) is 55.7 Å². The van der Waals surface area contributed by atoms with Crippen LogP contribution in [-0.4, -0.2) is 47.4 Å². The van der Waals surface area contributed by atoms with Crippen molar-refractivity contribution in [1.29, 1.82) is 0 Å². The van der Waals surface area contributed by atoms with Crippen molar-refractivity contribution in [1.82, 2.24) is 10.2 Å². The molecule has 112 valence electrons. The summed E-state index contributed by atoms with van der Waals surface area (Å²) in [6.45, 7) is 6.90. The Kier molecular flexibility index (Phi) is 5.40. The Labute approximate surface area is 121 Å². The van der Waals surface area contributed by atoms with E-state index in [-0.39, 0.29) is 12.6 Å². The van der Waals surface area contributed by atoms with E-state index in [1.54, 1.807) is 6.07 Å². The fourth-order valence-electron chi connectivity index (χ4n) is 2.97. The van der Waals surface area contributed by atoms with Gasteiger partial charge in [0.1, 0.15) is 5.75 Å². The van der Waals surface area contributed by atoms with Crippen molar-refractivity contribution in [3.05, 3.63) is 29.3 Å². The number of aliphatic hydroxyl groups excluding tert-OH is 1. The van der Waals surface area contributed by atoms with Crippen LogP contribution in [0.4, 0.5) is 0 Å². The average Bonchev–Trinajstić information content (AvgIpc) is 2.93. The third kappa shape index (κ3) is 3.72. The summed E-state index contributed by atoms with van der Waals surface area (Å²) in [4.78, 5) is 2.25. The quantitative estimate of drug-likeness (QED) is 0.743. The van der Waals surface area contributed by atoms with Crippen molar-refractivity contribution in [2.24, 2.45) is 0 Å². The second-order valence-corrected chi connectivity index (χ2v) is 5.75. The number of phenols is 1. The summed E-state index contributed by atoms with van der Waals surface area (Å²) in [5.74, 6) is 0.338. The molecule has 4 heteroatoms. The number of hydrogen-bond donors (Lipinski definition) is 3. The molecule has 0 amide bonds. The minimum Gasteiger partial charge on any atom is -0.508 e. The normalized spacial score (nSPS) is 20.5. The van der Waals surface area contributed by atoms with Crippen molar-refractivity contribution >= 4 is 0 Å². The molecule has 0 aliphatic carbocycles. The molecule has 0 bridgehead atoms. The molecule has 20 heavy (non-hydrogen) atoms. The number of rotatable bonds is 6.